The Kier molecular flexibility index (Phi) is 13.2. The number of nitrogens with two attached hydrogens (primary N) is 2. The van der Waals surface area contributed by atoms with Crippen LogP contribution in [0.5, 0.6) is 0 Å². The molecule has 0 bridgehead atoms. The van der Waals surface area contributed by atoms with Gasteiger partial charge in [0.15, 0.2) is 0 Å². The van der Waals surface area contributed by atoms with Gasteiger partial charge in [-0.25, -0.2) is 0 Å². The quantitative estimate of drug-likeness (QED) is 0.288. The van der Waals surface area contributed by atoms with E-state index in [1.165, 1.54) is 6.42 Å². The first-order valence-electron chi connectivity index (χ1n) is 9.35. The molecule has 146 valence electrons. The van der Waals surface area contributed by atoms with E-state index in [1.54, 1.807) is 21.3 Å². The Labute approximate surface area is 150 Å². The second-order valence-electron chi connectivity index (χ2n) is 6.53. The van der Waals surface area contributed by atoms with Crippen LogP contribution >= 0.6 is 0 Å². The summed E-state index contributed by atoms with van der Waals surface area (Å²) in [6, 6.07) is 1.12. The van der Waals surface area contributed by atoms with E-state index >= 15 is 0 Å². The minimum absolute atomic E-state index is 0.163. The monoisotopic (exact) mass is 363 g/mol. The van der Waals surface area contributed by atoms with Gasteiger partial charge in [-0.3, -0.25) is 0 Å². The van der Waals surface area contributed by atoms with Crippen LogP contribution in [0.2, 0.25) is 6.04 Å². The fourth-order valence-electron chi connectivity index (χ4n) is 3.20. The summed E-state index contributed by atoms with van der Waals surface area (Å²) in [5.74, 6) is 0. The summed E-state index contributed by atoms with van der Waals surface area (Å²) in [4.78, 5) is 0. The summed E-state index contributed by atoms with van der Waals surface area (Å²) in [5, 5.41) is 3.58. The molecule has 6 nitrogen and oxygen atoms in total. The van der Waals surface area contributed by atoms with Crippen LogP contribution in [-0.4, -0.2) is 54.8 Å². The molecule has 0 radical (unpaired) electrons. The standard InChI is InChI=1S/C17H41N3O3Si/c1-6-8-12-17(19,7-2)16(20-14-13-18)11-9-10-15-24(21-3,22-4)23-5/h16,20H,6-15,18-19H2,1-5H3. The van der Waals surface area contributed by atoms with Crippen LogP contribution in [0.4, 0.5) is 0 Å². The molecule has 0 fully saturated rings. The molecule has 0 heterocycles. The molecule has 0 aromatic carbocycles. The Hall–Kier alpha value is -0.0231. The lowest BCUT2D eigenvalue weighted by Crippen LogP contribution is -2.57. The van der Waals surface area contributed by atoms with E-state index in [1.807, 2.05) is 0 Å². The van der Waals surface area contributed by atoms with E-state index < -0.39 is 8.80 Å². The van der Waals surface area contributed by atoms with Crippen molar-refractivity contribution in [3.63, 3.8) is 0 Å². The SMILES string of the molecule is CCCCC(N)(CC)C(CCCC[Si](OC)(OC)OC)NCCN. The van der Waals surface area contributed by atoms with Gasteiger partial charge in [-0.15, -0.1) is 0 Å². The Balaban J connectivity index is 4.61. The Morgan fingerprint density at radius 1 is 1.04 bits per heavy atom. The van der Waals surface area contributed by atoms with Crippen molar-refractivity contribution in [2.75, 3.05) is 34.4 Å². The number of unbranched alkanes of at least 4 members (excludes halogenated alkanes) is 2. The number of hydrogen-bond donors (Lipinski definition) is 3. The van der Waals surface area contributed by atoms with Crippen molar-refractivity contribution in [3.05, 3.63) is 0 Å². The second-order valence-corrected chi connectivity index (χ2v) is 9.62. The highest BCUT2D eigenvalue weighted by Crippen LogP contribution is 2.25. The van der Waals surface area contributed by atoms with E-state index in [2.05, 4.69) is 19.2 Å². The molecule has 0 aromatic rings. The van der Waals surface area contributed by atoms with Crippen LogP contribution in [0.1, 0.15) is 58.8 Å². The molecule has 0 aliphatic heterocycles. The van der Waals surface area contributed by atoms with Gasteiger partial charge in [0.2, 0.25) is 0 Å². The van der Waals surface area contributed by atoms with Gasteiger partial charge in [-0.1, -0.05) is 33.1 Å². The van der Waals surface area contributed by atoms with E-state index in [0.717, 1.165) is 51.1 Å². The molecule has 0 aliphatic carbocycles. The van der Waals surface area contributed by atoms with Crippen molar-refractivity contribution in [1.29, 1.82) is 0 Å². The third-order valence-corrected chi connectivity index (χ3v) is 7.87. The molecule has 0 spiro atoms. The minimum atomic E-state index is -2.46. The first-order valence-corrected chi connectivity index (χ1v) is 11.3. The summed E-state index contributed by atoms with van der Waals surface area (Å²) in [7, 11) is 2.53. The Bertz CT molecular complexity index is 299. The molecule has 2 unspecified atom stereocenters. The lowest BCUT2D eigenvalue weighted by Gasteiger charge is -2.38. The van der Waals surface area contributed by atoms with Crippen LogP contribution in [0, 0.1) is 0 Å². The highest BCUT2D eigenvalue weighted by molar-refractivity contribution is 6.60. The van der Waals surface area contributed by atoms with Crippen LogP contribution in [0.25, 0.3) is 0 Å². The second kappa shape index (κ2) is 13.2. The summed E-state index contributed by atoms with van der Waals surface area (Å²) < 4.78 is 16.5. The molecule has 0 amide bonds. The molecule has 0 rings (SSSR count). The molecular weight excluding hydrogens is 322 g/mol. The van der Waals surface area contributed by atoms with Crippen molar-refractivity contribution in [2.45, 2.75) is 76.4 Å². The molecule has 0 saturated carbocycles. The largest absolute Gasteiger partial charge is 0.500 e. The minimum Gasteiger partial charge on any atom is -0.377 e. The van der Waals surface area contributed by atoms with E-state index in [-0.39, 0.29) is 5.54 Å². The van der Waals surface area contributed by atoms with Crippen LogP contribution in [0.15, 0.2) is 0 Å². The maximum Gasteiger partial charge on any atom is 0.500 e. The highest BCUT2D eigenvalue weighted by atomic mass is 28.4. The predicted octanol–water partition coefficient (Wildman–Crippen LogP) is 2.25. The van der Waals surface area contributed by atoms with Gasteiger partial charge in [0.25, 0.3) is 0 Å². The van der Waals surface area contributed by atoms with E-state index in [9.17, 15) is 0 Å². The maximum atomic E-state index is 6.75. The first-order chi connectivity index (χ1) is 11.5. The molecule has 0 aliphatic rings. The lowest BCUT2D eigenvalue weighted by molar-refractivity contribution is 0.122. The van der Waals surface area contributed by atoms with Crippen molar-refractivity contribution in [2.24, 2.45) is 11.5 Å². The number of hydrogen-bond acceptors (Lipinski definition) is 6. The zero-order chi connectivity index (χ0) is 18.5. The van der Waals surface area contributed by atoms with Crippen LogP contribution in [0.3, 0.4) is 0 Å². The summed E-state index contributed by atoms with van der Waals surface area (Å²) >= 11 is 0. The first kappa shape index (κ1) is 24.0. The van der Waals surface area contributed by atoms with Crippen molar-refractivity contribution >= 4 is 8.80 Å². The van der Waals surface area contributed by atoms with E-state index in [0.29, 0.717) is 12.6 Å². The zero-order valence-electron chi connectivity index (χ0n) is 16.5. The third-order valence-electron chi connectivity index (χ3n) is 5.04. The van der Waals surface area contributed by atoms with Gasteiger partial charge in [0.1, 0.15) is 0 Å². The Morgan fingerprint density at radius 3 is 2.12 bits per heavy atom. The number of nitrogens with one attached hydrogen (secondary N) is 1. The molecule has 24 heavy (non-hydrogen) atoms. The van der Waals surface area contributed by atoms with Crippen molar-refractivity contribution in [3.8, 4) is 0 Å². The predicted molar refractivity (Wildman–Crippen MR) is 103 cm³/mol. The van der Waals surface area contributed by atoms with Gasteiger partial charge in [0, 0.05) is 52.0 Å². The molecule has 7 heteroatoms. The normalized spacial score (nSPS) is 16.1. The number of rotatable bonds is 16. The molecule has 0 saturated heterocycles. The Morgan fingerprint density at radius 2 is 1.67 bits per heavy atom. The zero-order valence-corrected chi connectivity index (χ0v) is 17.5. The lowest BCUT2D eigenvalue weighted by atomic mass is 9.81. The summed E-state index contributed by atoms with van der Waals surface area (Å²) in [6.07, 6.45) is 7.48. The fraction of sp³-hybridized carbons (Fsp3) is 1.00. The van der Waals surface area contributed by atoms with Gasteiger partial charge in [0.05, 0.1) is 0 Å². The maximum absolute atomic E-state index is 6.75. The summed E-state index contributed by atoms with van der Waals surface area (Å²) in [6.45, 7) is 5.84. The molecule has 5 N–H and O–H groups in total. The average Bonchev–Trinajstić information content (AvgIpc) is 2.62. The van der Waals surface area contributed by atoms with Crippen molar-refractivity contribution in [1.82, 2.24) is 5.32 Å². The fourth-order valence-corrected chi connectivity index (χ4v) is 5.00. The molecule has 2 atom stereocenters. The summed E-state index contributed by atoms with van der Waals surface area (Å²) in [5.41, 5.74) is 12.3. The van der Waals surface area contributed by atoms with Gasteiger partial charge in [-0.2, -0.15) is 0 Å². The third kappa shape index (κ3) is 7.90. The van der Waals surface area contributed by atoms with Crippen molar-refractivity contribution < 1.29 is 13.3 Å². The highest BCUT2D eigenvalue weighted by Gasteiger charge is 2.37. The topological polar surface area (TPSA) is 91.8 Å². The smallest absolute Gasteiger partial charge is 0.377 e. The van der Waals surface area contributed by atoms with Gasteiger partial charge >= 0.3 is 8.80 Å². The van der Waals surface area contributed by atoms with Gasteiger partial charge < -0.3 is 30.1 Å². The molecular formula is C17H41N3O3Si. The molecule has 0 aromatic heterocycles. The van der Waals surface area contributed by atoms with E-state index in [4.69, 9.17) is 24.7 Å². The van der Waals surface area contributed by atoms with Crippen LogP contribution < -0.4 is 16.8 Å². The van der Waals surface area contributed by atoms with Crippen LogP contribution in [-0.2, 0) is 13.3 Å². The average molecular weight is 364 g/mol. The van der Waals surface area contributed by atoms with Gasteiger partial charge in [-0.05, 0) is 25.7 Å².